The van der Waals surface area contributed by atoms with E-state index in [9.17, 15) is 9.59 Å². The van der Waals surface area contributed by atoms with E-state index in [1.54, 1.807) is 27.8 Å². The third-order valence-corrected chi connectivity index (χ3v) is 1.54. The van der Waals surface area contributed by atoms with Crippen molar-refractivity contribution in [3.8, 4) is 0 Å². The zero-order valence-electron chi connectivity index (χ0n) is 10.5. The molecule has 0 rings (SSSR count). The molecular weight excluding hydrogens is 212 g/mol. The Morgan fingerprint density at radius 3 is 2.31 bits per heavy atom. The van der Waals surface area contributed by atoms with E-state index in [0.29, 0.717) is 0 Å². The van der Waals surface area contributed by atoms with Gasteiger partial charge in [0.15, 0.2) is 5.78 Å². The van der Waals surface area contributed by atoms with E-state index in [4.69, 9.17) is 9.57 Å². The minimum Gasteiger partial charge on any atom is -0.444 e. The zero-order valence-corrected chi connectivity index (χ0v) is 10.5. The normalized spacial score (nSPS) is 11.4. The van der Waals surface area contributed by atoms with Gasteiger partial charge in [-0.25, -0.2) is 4.79 Å². The van der Waals surface area contributed by atoms with Gasteiger partial charge in [0.25, 0.3) is 0 Å². The van der Waals surface area contributed by atoms with Crippen LogP contribution in [-0.2, 0) is 14.4 Å². The largest absolute Gasteiger partial charge is 0.444 e. The van der Waals surface area contributed by atoms with E-state index in [2.05, 4.69) is 5.32 Å². The molecule has 0 unspecified atom stereocenters. The highest BCUT2D eigenvalue weighted by atomic mass is 16.7. The molecule has 6 nitrogen and oxygen atoms in total. The van der Waals surface area contributed by atoms with Crippen molar-refractivity contribution in [1.29, 1.82) is 0 Å². The Kier molecular flexibility index (Phi) is 5.98. The third kappa shape index (κ3) is 8.19. The van der Waals surface area contributed by atoms with Crippen molar-refractivity contribution in [3.63, 3.8) is 0 Å². The van der Waals surface area contributed by atoms with E-state index >= 15 is 0 Å². The van der Waals surface area contributed by atoms with Crippen molar-refractivity contribution in [3.05, 3.63) is 0 Å². The lowest BCUT2D eigenvalue weighted by molar-refractivity contribution is -0.139. The fourth-order valence-electron chi connectivity index (χ4n) is 0.854. The second kappa shape index (κ2) is 6.44. The molecule has 0 aromatic heterocycles. The van der Waals surface area contributed by atoms with E-state index in [1.165, 1.54) is 12.2 Å². The summed E-state index contributed by atoms with van der Waals surface area (Å²) in [5.41, 5.74) is -0.559. The average Bonchev–Trinajstić information content (AvgIpc) is 2.12. The maximum absolute atomic E-state index is 11.3. The highest BCUT2D eigenvalue weighted by Gasteiger charge is 2.16. The number of carbonyl (C=O) groups is 2. The summed E-state index contributed by atoms with van der Waals surface area (Å²) in [5, 5.41) is 3.75. The number of ether oxygens (including phenoxy) is 1. The predicted octanol–water partition coefficient (Wildman–Crippen LogP) is 0.573. The molecule has 0 aliphatic heterocycles. The van der Waals surface area contributed by atoms with Crippen molar-refractivity contribution < 1.29 is 19.2 Å². The Bertz CT molecular complexity index is 248. The molecule has 0 aromatic rings. The van der Waals surface area contributed by atoms with Crippen LogP contribution in [0.25, 0.3) is 0 Å². The first-order chi connectivity index (χ1) is 7.24. The smallest absolute Gasteiger partial charge is 0.408 e. The topological polar surface area (TPSA) is 67.9 Å². The van der Waals surface area contributed by atoms with Gasteiger partial charge in [-0.1, -0.05) is 0 Å². The number of amides is 1. The van der Waals surface area contributed by atoms with Crippen molar-refractivity contribution in [2.45, 2.75) is 26.4 Å². The molecule has 0 bridgehead atoms. The first kappa shape index (κ1) is 14.9. The monoisotopic (exact) mass is 232 g/mol. The lowest BCUT2D eigenvalue weighted by atomic mass is 10.2. The van der Waals surface area contributed by atoms with Gasteiger partial charge >= 0.3 is 6.09 Å². The van der Waals surface area contributed by atoms with Gasteiger partial charge in [0.2, 0.25) is 0 Å². The van der Waals surface area contributed by atoms with Gasteiger partial charge in [-0.05, 0) is 20.8 Å². The second-order valence-corrected chi connectivity index (χ2v) is 4.36. The lowest BCUT2D eigenvalue weighted by Crippen LogP contribution is -2.38. The molecule has 0 atom stereocenters. The summed E-state index contributed by atoms with van der Waals surface area (Å²) in [4.78, 5) is 27.3. The van der Waals surface area contributed by atoms with Crippen molar-refractivity contribution in [1.82, 2.24) is 10.4 Å². The molecule has 0 radical (unpaired) electrons. The number of alkyl carbamates (subject to hydrolysis) is 1. The van der Waals surface area contributed by atoms with Gasteiger partial charge in [-0.2, -0.15) is 5.06 Å². The van der Waals surface area contributed by atoms with Crippen molar-refractivity contribution in [2.75, 3.05) is 27.2 Å². The number of rotatable bonds is 5. The van der Waals surface area contributed by atoms with Crippen LogP contribution in [0.3, 0.4) is 0 Å². The van der Waals surface area contributed by atoms with Crippen LogP contribution in [-0.4, -0.2) is 49.8 Å². The maximum Gasteiger partial charge on any atom is 0.408 e. The Morgan fingerprint density at radius 1 is 1.31 bits per heavy atom. The summed E-state index contributed by atoms with van der Waals surface area (Å²) < 4.78 is 4.97. The fourth-order valence-corrected chi connectivity index (χ4v) is 0.854. The highest BCUT2D eigenvalue weighted by molar-refractivity contribution is 5.85. The van der Waals surface area contributed by atoms with Crippen LogP contribution in [0.2, 0.25) is 0 Å². The lowest BCUT2D eigenvalue weighted by Gasteiger charge is -2.19. The molecule has 0 saturated heterocycles. The van der Waals surface area contributed by atoms with Crippen LogP contribution in [0.1, 0.15) is 20.8 Å². The number of nitrogens with zero attached hydrogens (tertiary/aromatic N) is 1. The van der Waals surface area contributed by atoms with Crippen molar-refractivity contribution >= 4 is 11.9 Å². The molecule has 94 valence electrons. The van der Waals surface area contributed by atoms with Crippen LogP contribution < -0.4 is 5.32 Å². The number of hydroxylamine groups is 2. The first-order valence-corrected chi connectivity index (χ1v) is 4.98. The summed E-state index contributed by atoms with van der Waals surface area (Å²) in [5.74, 6) is -0.157. The van der Waals surface area contributed by atoms with E-state index in [-0.39, 0.29) is 18.9 Å². The molecule has 0 aliphatic carbocycles. The van der Waals surface area contributed by atoms with Gasteiger partial charge in [0, 0.05) is 7.05 Å². The number of ketones is 1. The number of nitrogens with one attached hydrogen (secondary N) is 1. The predicted molar refractivity (Wildman–Crippen MR) is 58.9 cm³/mol. The fraction of sp³-hybridized carbons (Fsp3) is 0.800. The van der Waals surface area contributed by atoms with Gasteiger partial charge in [-0.3, -0.25) is 4.79 Å². The van der Waals surface area contributed by atoms with E-state index < -0.39 is 11.7 Å². The van der Waals surface area contributed by atoms with Crippen LogP contribution in [0.4, 0.5) is 4.79 Å². The van der Waals surface area contributed by atoms with Gasteiger partial charge < -0.3 is 14.9 Å². The van der Waals surface area contributed by atoms with Gasteiger partial charge in [-0.15, -0.1) is 0 Å². The third-order valence-electron chi connectivity index (χ3n) is 1.54. The molecule has 0 saturated carbocycles. The summed E-state index contributed by atoms with van der Waals surface area (Å²) in [7, 11) is 3.10. The molecular formula is C10H20N2O4. The average molecular weight is 232 g/mol. The Morgan fingerprint density at radius 2 is 1.88 bits per heavy atom. The molecule has 16 heavy (non-hydrogen) atoms. The molecule has 1 amide bonds. The van der Waals surface area contributed by atoms with Gasteiger partial charge in [0.1, 0.15) is 5.60 Å². The minimum atomic E-state index is -0.596. The molecule has 0 heterocycles. The molecule has 0 fully saturated rings. The maximum atomic E-state index is 11.3. The minimum absolute atomic E-state index is 0.0669. The Balaban J connectivity index is 3.80. The highest BCUT2D eigenvalue weighted by Crippen LogP contribution is 2.06. The Hall–Kier alpha value is -1.14. The van der Waals surface area contributed by atoms with Crippen LogP contribution >= 0.6 is 0 Å². The molecule has 0 aliphatic rings. The SMILES string of the molecule is CON(C)CC(=O)CNC(=O)OC(C)(C)C. The van der Waals surface area contributed by atoms with Gasteiger partial charge in [0.05, 0.1) is 20.2 Å². The van der Waals surface area contributed by atoms with E-state index in [1.807, 2.05) is 0 Å². The number of likely N-dealkylation sites (N-methyl/N-ethyl adjacent to an activating group) is 1. The van der Waals surface area contributed by atoms with E-state index in [0.717, 1.165) is 0 Å². The zero-order chi connectivity index (χ0) is 12.8. The number of carbonyl (C=O) groups excluding carboxylic acids is 2. The van der Waals surface area contributed by atoms with Crippen LogP contribution in [0.5, 0.6) is 0 Å². The number of Topliss-reactive ketones (excluding diaryl/α,β-unsaturated/α-hetero) is 1. The molecule has 1 N–H and O–H groups in total. The van der Waals surface area contributed by atoms with Crippen molar-refractivity contribution in [2.24, 2.45) is 0 Å². The summed E-state index contributed by atoms with van der Waals surface area (Å²) in [6.07, 6.45) is -0.596. The van der Waals surface area contributed by atoms with Crippen LogP contribution in [0, 0.1) is 0 Å². The van der Waals surface area contributed by atoms with Crippen LogP contribution in [0.15, 0.2) is 0 Å². The number of hydrogen-bond acceptors (Lipinski definition) is 5. The Labute approximate surface area is 95.8 Å². The summed E-state index contributed by atoms with van der Waals surface area (Å²) in [6.45, 7) is 5.32. The molecule has 0 spiro atoms. The summed E-state index contributed by atoms with van der Waals surface area (Å²) in [6, 6.07) is 0. The first-order valence-electron chi connectivity index (χ1n) is 4.98. The molecule has 6 heteroatoms. The standard InChI is InChI=1S/C10H20N2O4/c1-10(2,3)16-9(14)11-6-8(13)7-12(4)15-5/h6-7H2,1-5H3,(H,11,14). The summed E-state index contributed by atoms with van der Waals surface area (Å²) >= 11 is 0. The molecule has 0 aromatic carbocycles. The number of hydrogen-bond donors (Lipinski definition) is 1. The quantitative estimate of drug-likeness (QED) is 0.702. The second-order valence-electron chi connectivity index (χ2n) is 4.36.